The molecule has 0 fully saturated rings. The summed E-state index contributed by atoms with van der Waals surface area (Å²) in [5.41, 5.74) is 5.75. The molecule has 0 amide bonds. The fourth-order valence-electron chi connectivity index (χ4n) is 4.75. The summed E-state index contributed by atoms with van der Waals surface area (Å²) in [6.07, 6.45) is 14.8. The summed E-state index contributed by atoms with van der Waals surface area (Å²) in [4.78, 5) is 0. The highest BCUT2D eigenvalue weighted by molar-refractivity contribution is 6.60. The van der Waals surface area contributed by atoms with E-state index in [1.807, 2.05) is 0 Å². The van der Waals surface area contributed by atoms with E-state index in [-0.39, 0.29) is 5.41 Å². The minimum Gasteiger partial charge on any atom is -0.0848 e. The van der Waals surface area contributed by atoms with E-state index in [1.165, 1.54) is 43.7 Å². The van der Waals surface area contributed by atoms with Gasteiger partial charge in [0.1, 0.15) is 0 Å². The molecule has 0 N–H and O–H groups in total. The van der Waals surface area contributed by atoms with Crippen LogP contribution in [-0.2, 0) is 0 Å². The zero-order valence-electron chi connectivity index (χ0n) is 16.0. The maximum absolute atomic E-state index is 2.44. The molecule has 0 spiro atoms. The minimum atomic E-state index is 0.132. The summed E-state index contributed by atoms with van der Waals surface area (Å²) in [6, 6.07) is 17.8. The Morgan fingerprint density at radius 2 is 1.48 bits per heavy atom. The molecule has 0 radical (unpaired) electrons. The topological polar surface area (TPSA) is 0 Å². The third-order valence-corrected chi connectivity index (χ3v) is 6.25. The van der Waals surface area contributed by atoms with Crippen LogP contribution in [0.4, 0.5) is 0 Å². The van der Waals surface area contributed by atoms with Gasteiger partial charge in [0.25, 0.3) is 0 Å². The van der Waals surface area contributed by atoms with Crippen molar-refractivity contribution >= 4 is 39.9 Å². The predicted molar refractivity (Wildman–Crippen MR) is 121 cm³/mol. The molecule has 1 unspecified atom stereocenters. The van der Waals surface area contributed by atoms with Crippen molar-refractivity contribution in [1.29, 1.82) is 0 Å². The fourth-order valence-corrected chi connectivity index (χ4v) is 4.75. The quantitative estimate of drug-likeness (QED) is 0.397. The Morgan fingerprint density at radius 1 is 0.852 bits per heavy atom. The molecule has 1 atom stereocenters. The number of hydrogen-bond donors (Lipinski definition) is 0. The fraction of sp³-hybridized carbons (Fsp3) is 0.154. The molecule has 3 aromatic rings. The van der Waals surface area contributed by atoms with E-state index in [1.54, 1.807) is 0 Å². The van der Waals surface area contributed by atoms with Gasteiger partial charge in [0.05, 0.1) is 0 Å². The van der Waals surface area contributed by atoms with Gasteiger partial charge in [0, 0.05) is 5.41 Å². The molecule has 2 aliphatic carbocycles. The molecule has 130 valence electrons. The van der Waals surface area contributed by atoms with Gasteiger partial charge in [0.2, 0.25) is 0 Å². The van der Waals surface area contributed by atoms with Gasteiger partial charge in [-0.2, -0.15) is 0 Å². The van der Waals surface area contributed by atoms with Crippen molar-refractivity contribution in [3.05, 3.63) is 96.1 Å². The first-order valence-corrected chi connectivity index (χ1v) is 9.92. The molecule has 0 bridgehead atoms. The summed E-state index contributed by atoms with van der Waals surface area (Å²) in [5.74, 6) is 0. The Hall–Kier alpha value is -2.80. The van der Waals surface area contributed by atoms with Crippen LogP contribution in [0.15, 0.2) is 90.6 Å². The van der Waals surface area contributed by atoms with E-state index in [9.17, 15) is 0 Å². The maximum atomic E-state index is 2.44. The predicted octanol–water partition coefficient (Wildman–Crippen LogP) is 5.95. The third kappa shape index (κ3) is 2.45. The lowest BCUT2D eigenvalue weighted by molar-refractivity contribution is 0.528. The van der Waals surface area contributed by atoms with Gasteiger partial charge in [-0.15, -0.1) is 0 Å². The Kier molecular flexibility index (Phi) is 3.72. The molecule has 0 saturated carbocycles. The lowest BCUT2D eigenvalue weighted by Crippen LogP contribution is -2.19. The van der Waals surface area contributed by atoms with Gasteiger partial charge in [-0.3, -0.25) is 0 Å². The maximum Gasteiger partial charge on any atom is 0.156 e. The SMILES string of the molecule is CBc1c2ccccc2c(C2=CCC3(C)C=CC=CC3=C2)c2ccccc12. The molecule has 0 aliphatic heterocycles. The van der Waals surface area contributed by atoms with Crippen LogP contribution < -0.4 is 5.46 Å². The number of fused-ring (bicyclic) bond motifs is 3. The van der Waals surface area contributed by atoms with Crippen LogP contribution >= 0.6 is 0 Å². The summed E-state index contributed by atoms with van der Waals surface area (Å²) in [7, 11) is 1.05. The summed E-state index contributed by atoms with van der Waals surface area (Å²) < 4.78 is 0. The molecule has 1 heteroatoms. The van der Waals surface area contributed by atoms with Crippen LogP contribution in [0.5, 0.6) is 0 Å². The summed E-state index contributed by atoms with van der Waals surface area (Å²) in [5, 5.41) is 5.52. The molecule has 0 saturated heterocycles. The summed E-state index contributed by atoms with van der Waals surface area (Å²) in [6.45, 7) is 4.60. The van der Waals surface area contributed by atoms with Gasteiger partial charge < -0.3 is 0 Å². The normalized spacial score (nSPS) is 21.1. The van der Waals surface area contributed by atoms with E-state index >= 15 is 0 Å². The van der Waals surface area contributed by atoms with Crippen molar-refractivity contribution in [3.8, 4) is 0 Å². The van der Waals surface area contributed by atoms with Gasteiger partial charge in [-0.1, -0.05) is 104 Å². The standard InChI is InChI=1S/C26H23B/c1-26-15-8-7-9-19(26)17-18(14-16-26)24-20-10-3-5-12-22(20)25(27-2)23-13-6-4-11-21(23)24/h3-15,17,27H,16H2,1-2H3. The van der Waals surface area contributed by atoms with Crippen LogP contribution in [0, 0.1) is 5.41 Å². The van der Waals surface area contributed by atoms with E-state index in [0.29, 0.717) is 0 Å². The van der Waals surface area contributed by atoms with Crippen molar-refractivity contribution in [2.75, 3.05) is 0 Å². The lowest BCUT2D eigenvalue weighted by Gasteiger charge is -2.32. The lowest BCUT2D eigenvalue weighted by atomic mass is 9.67. The second-order valence-corrected chi connectivity index (χ2v) is 7.90. The smallest absolute Gasteiger partial charge is 0.0848 e. The van der Waals surface area contributed by atoms with E-state index in [2.05, 4.69) is 98.7 Å². The van der Waals surface area contributed by atoms with Crippen LogP contribution in [-0.4, -0.2) is 7.28 Å². The molecule has 5 rings (SSSR count). The molecule has 2 aliphatic rings. The average Bonchev–Trinajstić information content (AvgIpc) is 2.71. The molecular formula is C26H23B. The van der Waals surface area contributed by atoms with Crippen molar-refractivity contribution < 1.29 is 0 Å². The van der Waals surface area contributed by atoms with Gasteiger partial charge in [0.15, 0.2) is 7.28 Å². The number of allylic oxidation sites excluding steroid dienone is 8. The van der Waals surface area contributed by atoms with E-state index in [4.69, 9.17) is 0 Å². The van der Waals surface area contributed by atoms with Crippen molar-refractivity contribution in [2.24, 2.45) is 5.41 Å². The third-order valence-electron chi connectivity index (χ3n) is 6.25. The Balaban J connectivity index is 1.85. The van der Waals surface area contributed by atoms with Crippen molar-refractivity contribution in [1.82, 2.24) is 0 Å². The largest absolute Gasteiger partial charge is 0.156 e. The van der Waals surface area contributed by atoms with Crippen molar-refractivity contribution in [2.45, 2.75) is 20.2 Å². The highest BCUT2D eigenvalue weighted by Crippen LogP contribution is 2.44. The zero-order valence-corrected chi connectivity index (χ0v) is 16.0. The number of hydrogen-bond acceptors (Lipinski definition) is 0. The second kappa shape index (κ2) is 6.13. The zero-order chi connectivity index (χ0) is 18.4. The molecule has 0 heterocycles. The molecule has 0 aromatic heterocycles. The number of rotatable bonds is 2. The monoisotopic (exact) mass is 346 g/mol. The second-order valence-electron chi connectivity index (χ2n) is 7.90. The van der Waals surface area contributed by atoms with E-state index in [0.717, 1.165) is 13.7 Å². The van der Waals surface area contributed by atoms with Crippen LogP contribution in [0.25, 0.3) is 27.1 Å². The Bertz CT molecular complexity index is 1130. The first kappa shape index (κ1) is 16.4. The molecule has 3 aromatic carbocycles. The number of benzene rings is 3. The van der Waals surface area contributed by atoms with Gasteiger partial charge >= 0.3 is 0 Å². The molecular weight excluding hydrogens is 323 g/mol. The average molecular weight is 346 g/mol. The van der Waals surface area contributed by atoms with Crippen LogP contribution in [0.1, 0.15) is 18.9 Å². The van der Waals surface area contributed by atoms with Crippen LogP contribution in [0.2, 0.25) is 6.82 Å². The Labute approximate surface area is 161 Å². The summed E-state index contributed by atoms with van der Waals surface area (Å²) >= 11 is 0. The van der Waals surface area contributed by atoms with Crippen LogP contribution in [0.3, 0.4) is 0 Å². The first-order chi connectivity index (χ1) is 13.2. The van der Waals surface area contributed by atoms with Crippen molar-refractivity contribution in [3.63, 3.8) is 0 Å². The molecule has 27 heavy (non-hydrogen) atoms. The van der Waals surface area contributed by atoms with Gasteiger partial charge in [-0.25, -0.2) is 0 Å². The van der Waals surface area contributed by atoms with Gasteiger partial charge in [-0.05, 0) is 44.7 Å². The first-order valence-electron chi connectivity index (χ1n) is 9.92. The highest BCUT2D eigenvalue weighted by Gasteiger charge is 2.29. The highest BCUT2D eigenvalue weighted by atomic mass is 14.3. The van der Waals surface area contributed by atoms with E-state index < -0.39 is 0 Å². The Morgan fingerprint density at radius 3 is 2.11 bits per heavy atom. The minimum absolute atomic E-state index is 0.132. The molecule has 0 nitrogen and oxygen atoms in total.